The molecule has 0 bridgehead atoms. The van der Waals surface area contributed by atoms with Gasteiger partial charge in [-0.25, -0.2) is 0 Å². The number of benzene rings is 1. The molecule has 26 heavy (non-hydrogen) atoms. The van der Waals surface area contributed by atoms with Gasteiger partial charge in [-0.2, -0.15) is 0 Å². The van der Waals surface area contributed by atoms with Gasteiger partial charge in [-0.1, -0.05) is 17.7 Å². The molecule has 1 aromatic carbocycles. The number of hydrogen-bond donors (Lipinski definition) is 1. The van der Waals surface area contributed by atoms with Crippen molar-refractivity contribution in [2.24, 2.45) is 5.73 Å². The first kappa shape index (κ1) is 19.0. The standard InChI is InChI=1S/C19H27ClN4O2/c1-14-5-6-15(20)12-17(14)23-10-8-22(9-11-23)13-18(25)24-7-3-2-4-16(24)19(21)26/h5-6,12,16H,2-4,7-11,13H2,1H3,(H2,21,26)/t16-/m0/s1. The largest absolute Gasteiger partial charge is 0.369 e. The van der Waals surface area contributed by atoms with Crippen molar-refractivity contribution in [3.8, 4) is 0 Å². The third kappa shape index (κ3) is 4.30. The maximum absolute atomic E-state index is 12.7. The van der Waals surface area contributed by atoms with E-state index in [1.807, 2.05) is 18.2 Å². The molecule has 0 spiro atoms. The molecule has 2 heterocycles. The molecule has 0 saturated carbocycles. The van der Waals surface area contributed by atoms with Gasteiger partial charge in [-0.15, -0.1) is 0 Å². The maximum Gasteiger partial charge on any atom is 0.240 e. The van der Waals surface area contributed by atoms with E-state index in [2.05, 4.69) is 16.7 Å². The summed E-state index contributed by atoms with van der Waals surface area (Å²) in [6, 6.07) is 5.51. The molecule has 142 valence electrons. The SMILES string of the molecule is Cc1ccc(Cl)cc1N1CCN(CC(=O)N2CCCC[C@H]2C(N)=O)CC1. The number of anilines is 1. The number of piperidine rings is 1. The average Bonchev–Trinajstić information content (AvgIpc) is 2.64. The van der Waals surface area contributed by atoms with Crippen LogP contribution in [0.15, 0.2) is 18.2 Å². The number of nitrogens with two attached hydrogens (primary N) is 1. The second-order valence-corrected chi connectivity index (χ2v) is 7.63. The van der Waals surface area contributed by atoms with Crippen molar-refractivity contribution in [1.82, 2.24) is 9.80 Å². The highest BCUT2D eigenvalue weighted by atomic mass is 35.5. The normalized spacial score (nSPS) is 21.7. The zero-order valence-electron chi connectivity index (χ0n) is 15.3. The first-order chi connectivity index (χ1) is 12.5. The molecule has 3 rings (SSSR count). The molecular formula is C19H27ClN4O2. The number of nitrogens with zero attached hydrogens (tertiary/aromatic N) is 3. The highest BCUT2D eigenvalue weighted by Crippen LogP contribution is 2.25. The fraction of sp³-hybridized carbons (Fsp3) is 0.579. The molecule has 2 fully saturated rings. The van der Waals surface area contributed by atoms with E-state index in [0.29, 0.717) is 19.5 Å². The van der Waals surface area contributed by atoms with E-state index in [-0.39, 0.29) is 11.8 Å². The Morgan fingerprint density at radius 1 is 1.15 bits per heavy atom. The van der Waals surface area contributed by atoms with Crippen molar-refractivity contribution in [2.45, 2.75) is 32.2 Å². The van der Waals surface area contributed by atoms with Crippen LogP contribution < -0.4 is 10.6 Å². The molecule has 0 aromatic heterocycles. The molecular weight excluding hydrogens is 352 g/mol. The predicted octanol–water partition coefficient (Wildman–Crippen LogP) is 1.64. The fourth-order valence-electron chi connectivity index (χ4n) is 3.88. The summed E-state index contributed by atoms with van der Waals surface area (Å²) in [6.07, 6.45) is 2.58. The number of halogens is 1. The molecule has 2 amide bonds. The summed E-state index contributed by atoms with van der Waals surface area (Å²) in [5.41, 5.74) is 7.84. The molecule has 7 heteroatoms. The first-order valence-corrected chi connectivity index (χ1v) is 9.66. The number of amides is 2. The van der Waals surface area contributed by atoms with E-state index in [0.717, 1.165) is 49.7 Å². The number of rotatable bonds is 4. The van der Waals surface area contributed by atoms with Crippen molar-refractivity contribution in [3.05, 3.63) is 28.8 Å². The van der Waals surface area contributed by atoms with Crippen LogP contribution in [0.25, 0.3) is 0 Å². The lowest BCUT2D eigenvalue weighted by Crippen LogP contribution is -2.55. The molecule has 0 unspecified atom stereocenters. The van der Waals surface area contributed by atoms with E-state index in [1.54, 1.807) is 4.90 Å². The molecule has 1 aromatic rings. The Hall–Kier alpha value is -1.79. The minimum Gasteiger partial charge on any atom is -0.369 e. The van der Waals surface area contributed by atoms with Crippen LogP contribution in [-0.2, 0) is 9.59 Å². The minimum atomic E-state index is -0.438. The van der Waals surface area contributed by atoms with Crippen LogP contribution in [-0.4, -0.2) is 66.9 Å². The van der Waals surface area contributed by atoms with E-state index >= 15 is 0 Å². The lowest BCUT2D eigenvalue weighted by Gasteiger charge is -2.39. The summed E-state index contributed by atoms with van der Waals surface area (Å²) < 4.78 is 0. The number of hydrogen-bond acceptors (Lipinski definition) is 4. The van der Waals surface area contributed by atoms with Gasteiger partial charge in [0.05, 0.1) is 6.54 Å². The van der Waals surface area contributed by atoms with Crippen LogP contribution in [0.4, 0.5) is 5.69 Å². The zero-order valence-corrected chi connectivity index (χ0v) is 16.0. The third-order valence-corrected chi connectivity index (χ3v) is 5.63. The molecule has 0 aliphatic carbocycles. The monoisotopic (exact) mass is 378 g/mol. The number of aryl methyl sites for hydroxylation is 1. The zero-order chi connectivity index (χ0) is 18.7. The van der Waals surface area contributed by atoms with Gasteiger partial charge in [0, 0.05) is 43.4 Å². The van der Waals surface area contributed by atoms with E-state index in [4.69, 9.17) is 17.3 Å². The average molecular weight is 379 g/mol. The molecule has 2 saturated heterocycles. The Labute approximate surface area is 159 Å². The second-order valence-electron chi connectivity index (χ2n) is 7.20. The lowest BCUT2D eigenvalue weighted by molar-refractivity contribution is -0.142. The van der Waals surface area contributed by atoms with Gasteiger partial charge in [-0.3, -0.25) is 14.5 Å². The maximum atomic E-state index is 12.7. The first-order valence-electron chi connectivity index (χ1n) is 9.28. The van der Waals surface area contributed by atoms with Crippen LogP contribution in [0, 0.1) is 6.92 Å². The van der Waals surface area contributed by atoms with Crippen molar-refractivity contribution in [3.63, 3.8) is 0 Å². The smallest absolute Gasteiger partial charge is 0.240 e. The van der Waals surface area contributed by atoms with Crippen molar-refractivity contribution < 1.29 is 9.59 Å². The number of carbonyl (C=O) groups is 2. The van der Waals surface area contributed by atoms with Gasteiger partial charge in [-0.05, 0) is 43.9 Å². The predicted molar refractivity (Wildman–Crippen MR) is 103 cm³/mol. The molecule has 2 aliphatic rings. The van der Waals surface area contributed by atoms with Gasteiger partial charge in [0.15, 0.2) is 0 Å². The topological polar surface area (TPSA) is 69.9 Å². The van der Waals surface area contributed by atoms with E-state index in [9.17, 15) is 9.59 Å². The van der Waals surface area contributed by atoms with Gasteiger partial charge >= 0.3 is 0 Å². The number of carbonyl (C=O) groups excluding carboxylic acids is 2. The molecule has 1 atom stereocenters. The van der Waals surface area contributed by atoms with Gasteiger partial charge in [0.2, 0.25) is 11.8 Å². The Bertz CT molecular complexity index is 674. The lowest BCUT2D eigenvalue weighted by atomic mass is 10.0. The molecule has 6 nitrogen and oxygen atoms in total. The van der Waals surface area contributed by atoms with Crippen LogP contribution >= 0.6 is 11.6 Å². The second kappa shape index (κ2) is 8.27. The van der Waals surface area contributed by atoms with Crippen LogP contribution in [0.3, 0.4) is 0 Å². The summed E-state index contributed by atoms with van der Waals surface area (Å²) in [5, 5.41) is 0.741. The van der Waals surface area contributed by atoms with Gasteiger partial charge in [0.25, 0.3) is 0 Å². The Kier molecular flexibility index (Phi) is 6.04. The summed E-state index contributed by atoms with van der Waals surface area (Å²) in [4.78, 5) is 30.4. The highest BCUT2D eigenvalue weighted by Gasteiger charge is 2.31. The van der Waals surface area contributed by atoms with E-state index < -0.39 is 6.04 Å². The van der Waals surface area contributed by atoms with Crippen LogP contribution in [0.2, 0.25) is 5.02 Å². The van der Waals surface area contributed by atoms with Crippen LogP contribution in [0.1, 0.15) is 24.8 Å². The number of primary amides is 1. The van der Waals surface area contributed by atoms with Crippen LogP contribution in [0.5, 0.6) is 0 Å². The van der Waals surface area contributed by atoms with Crippen molar-refractivity contribution in [1.29, 1.82) is 0 Å². The Balaban J connectivity index is 1.56. The number of piperazine rings is 1. The summed E-state index contributed by atoms with van der Waals surface area (Å²) in [6.45, 7) is 6.41. The highest BCUT2D eigenvalue weighted by molar-refractivity contribution is 6.30. The quantitative estimate of drug-likeness (QED) is 0.864. The summed E-state index contributed by atoms with van der Waals surface area (Å²) in [5.74, 6) is -0.375. The Morgan fingerprint density at radius 2 is 1.88 bits per heavy atom. The fourth-order valence-corrected chi connectivity index (χ4v) is 4.04. The minimum absolute atomic E-state index is 0.0147. The molecule has 0 radical (unpaired) electrons. The molecule has 2 N–H and O–H groups in total. The van der Waals surface area contributed by atoms with Gasteiger partial charge < -0.3 is 15.5 Å². The number of likely N-dealkylation sites (tertiary alicyclic amines) is 1. The third-order valence-electron chi connectivity index (χ3n) is 5.39. The Morgan fingerprint density at radius 3 is 2.58 bits per heavy atom. The van der Waals surface area contributed by atoms with Crippen molar-refractivity contribution in [2.75, 3.05) is 44.2 Å². The summed E-state index contributed by atoms with van der Waals surface area (Å²) >= 11 is 6.13. The van der Waals surface area contributed by atoms with E-state index in [1.165, 1.54) is 5.56 Å². The molecule has 2 aliphatic heterocycles. The van der Waals surface area contributed by atoms with Crippen molar-refractivity contribution >= 4 is 29.1 Å². The van der Waals surface area contributed by atoms with Gasteiger partial charge in [0.1, 0.15) is 6.04 Å². The summed E-state index contributed by atoms with van der Waals surface area (Å²) in [7, 11) is 0.